The highest BCUT2D eigenvalue weighted by Gasteiger charge is 2.33. The second-order valence-electron chi connectivity index (χ2n) is 6.78. The standard InChI is InChI=1S/C17H24N4O4/c1-19(2)16-6-5-13(21(23)24)9-15(16)17(22)18-10-14-11-20(7-8-25-14)12-3-4-12/h5-6,9,12,14H,3-4,7-8,10-11H2,1-2H3,(H,18,22)/t14-/m1/s1. The Morgan fingerprint density at radius 3 is 2.84 bits per heavy atom. The minimum atomic E-state index is -0.492. The summed E-state index contributed by atoms with van der Waals surface area (Å²) in [5.74, 6) is -0.320. The van der Waals surface area contributed by atoms with E-state index in [1.54, 1.807) is 25.1 Å². The summed E-state index contributed by atoms with van der Waals surface area (Å²) in [6.45, 7) is 2.85. The van der Waals surface area contributed by atoms with Gasteiger partial charge in [0, 0.05) is 57.6 Å². The Labute approximate surface area is 146 Å². The van der Waals surface area contributed by atoms with Crippen molar-refractivity contribution < 1.29 is 14.5 Å². The van der Waals surface area contributed by atoms with Crippen LogP contribution in [-0.2, 0) is 4.74 Å². The van der Waals surface area contributed by atoms with Crippen LogP contribution < -0.4 is 10.2 Å². The van der Waals surface area contributed by atoms with Crippen molar-refractivity contribution in [2.75, 3.05) is 45.2 Å². The first-order valence-electron chi connectivity index (χ1n) is 8.55. The second kappa shape index (κ2) is 7.37. The highest BCUT2D eigenvalue weighted by Crippen LogP contribution is 2.28. The van der Waals surface area contributed by atoms with Crippen LogP contribution in [0.25, 0.3) is 0 Å². The quantitative estimate of drug-likeness (QED) is 0.615. The molecule has 8 nitrogen and oxygen atoms in total. The van der Waals surface area contributed by atoms with E-state index >= 15 is 0 Å². The molecular weight excluding hydrogens is 324 g/mol. The van der Waals surface area contributed by atoms with E-state index in [0.29, 0.717) is 30.4 Å². The first kappa shape index (κ1) is 17.6. The van der Waals surface area contributed by atoms with Crippen molar-refractivity contribution in [2.45, 2.75) is 25.0 Å². The number of ether oxygens (including phenoxy) is 1. The van der Waals surface area contributed by atoms with Gasteiger partial charge in [-0.25, -0.2) is 0 Å². The van der Waals surface area contributed by atoms with Gasteiger partial charge in [0.25, 0.3) is 11.6 Å². The smallest absolute Gasteiger partial charge is 0.270 e. The zero-order valence-corrected chi connectivity index (χ0v) is 14.6. The van der Waals surface area contributed by atoms with Gasteiger partial charge in [-0.1, -0.05) is 0 Å². The molecule has 1 aromatic rings. The Morgan fingerprint density at radius 2 is 2.20 bits per heavy atom. The number of non-ortho nitro benzene ring substituents is 1. The second-order valence-corrected chi connectivity index (χ2v) is 6.78. The molecule has 25 heavy (non-hydrogen) atoms. The summed E-state index contributed by atoms with van der Waals surface area (Å²) in [6.07, 6.45) is 2.46. The van der Waals surface area contributed by atoms with Gasteiger partial charge in [-0.3, -0.25) is 19.8 Å². The molecule has 0 bridgehead atoms. The van der Waals surface area contributed by atoms with E-state index in [-0.39, 0.29) is 17.7 Å². The van der Waals surface area contributed by atoms with Crippen molar-refractivity contribution in [1.82, 2.24) is 10.2 Å². The zero-order valence-electron chi connectivity index (χ0n) is 14.6. The molecule has 1 saturated carbocycles. The van der Waals surface area contributed by atoms with E-state index in [1.807, 2.05) is 0 Å². The first-order chi connectivity index (χ1) is 12.0. The topological polar surface area (TPSA) is 87.9 Å². The lowest BCUT2D eigenvalue weighted by atomic mass is 10.1. The summed E-state index contributed by atoms with van der Waals surface area (Å²) in [4.78, 5) is 27.3. The average molecular weight is 348 g/mol. The number of hydrogen-bond donors (Lipinski definition) is 1. The van der Waals surface area contributed by atoms with Crippen molar-refractivity contribution in [3.63, 3.8) is 0 Å². The van der Waals surface area contributed by atoms with Crippen molar-refractivity contribution in [3.05, 3.63) is 33.9 Å². The Kier molecular flexibility index (Phi) is 5.19. The number of morpholine rings is 1. The lowest BCUT2D eigenvalue weighted by molar-refractivity contribution is -0.384. The molecule has 3 rings (SSSR count). The molecular formula is C17H24N4O4. The number of rotatable bonds is 6. The van der Waals surface area contributed by atoms with Crippen LogP contribution in [0.15, 0.2) is 18.2 Å². The Hall–Kier alpha value is -2.19. The number of benzene rings is 1. The molecule has 1 atom stereocenters. The molecule has 2 fully saturated rings. The van der Waals surface area contributed by atoms with Crippen LogP contribution in [0.2, 0.25) is 0 Å². The molecule has 0 aromatic heterocycles. The van der Waals surface area contributed by atoms with Crippen LogP contribution in [-0.4, -0.2) is 68.2 Å². The van der Waals surface area contributed by atoms with Crippen LogP contribution in [0.3, 0.4) is 0 Å². The van der Waals surface area contributed by atoms with Gasteiger partial charge in [-0.2, -0.15) is 0 Å². The van der Waals surface area contributed by atoms with Crippen LogP contribution in [0.1, 0.15) is 23.2 Å². The fourth-order valence-electron chi connectivity index (χ4n) is 3.15. The fourth-order valence-corrected chi connectivity index (χ4v) is 3.15. The van der Waals surface area contributed by atoms with Gasteiger partial charge in [0.1, 0.15) is 0 Å². The van der Waals surface area contributed by atoms with E-state index in [4.69, 9.17) is 4.74 Å². The van der Waals surface area contributed by atoms with E-state index in [2.05, 4.69) is 10.2 Å². The number of nitro benzene ring substituents is 1. The van der Waals surface area contributed by atoms with Gasteiger partial charge in [0.05, 0.1) is 23.2 Å². The maximum absolute atomic E-state index is 12.6. The molecule has 136 valence electrons. The summed E-state index contributed by atoms with van der Waals surface area (Å²) in [5, 5.41) is 13.9. The monoisotopic (exact) mass is 348 g/mol. The normalized spacial score (nSPS) is 21.0. The summed E-state index contributed by atoms with van der Waals surface area (Å²) in [7, 11) is 3.60. The Balaban J connectivity index is 1.65. The molecule has 0 spiro atoms. The number of amides is 1. The maximum Gasteiger partial charge on any atom is 0.270 e. The molecule has 1 N–H and O–H groups in total. The van der Waals surface area contributed by atoms with E-state index in [1.165, 1.54) is 25.0 Å². The molecule has 1 aromatic carbocycles. The predicted molar refractivity (Wildman–Crippen MR) is 94.1 cm³/mol. The summed E-state index contributed by atoms with van der Waals surface area (Å²) < 4.78 is 5.74. The third-order valence-electron chi connectivity index (χ3n) is 4.64. The molecule has 0 unspecified atom stereocenters. The number of nitrogens with one attached hydrogen (secondary N) is 1. The predicted octanol–water partition coefficient (Wildman–Crippen LogP) is 1.25. The van der Waals surface area contributed by atoms with Gasteiger partial charge >= 0.3 is 0 Å². The van der Waals surface area contributed by atoms with Crippen LogP contribution in [0.5, 0.6) is 0 Å². The van der Waals surface area contributed by atoms with Gasteiger partial charge in [-0.15, -0.1) is 0 Å². The van der Waals surface area contributed by atoms with E-state index in [9.17, 15) is 14.9 Å². The lowest BCUT2D eigenvalue weighted by Gasteiger charge is -2.33. The molecule has 8 heteroatoms. The minimum absolute atomic E-state index is 0.0418. The number of hydrogen-bond acceptors (Lipinski definition) is 6. The first-order valence-corrected chi connectivity index (χ1v) is 8.55. The van der Waals surface area contributed by atoms with Crippen molar-refractivity contribution in [1.29, 1.82) is 0 Å². The summed E-state index contributed by atoms with van der Waals surface area (Å²) in [6, 6.07) is 5.00. The number of nitro groups is 1. The van der Waals surface area contributed by atoms with Crippen molar-refractivity contribution >= 4 is 17.3 Å². The average Bonchev–Trinajstić information content (AvgIpc) is 3.44. The highest BCUT2D eigenvalue weighted by atomic mass is 16.6. The highest BCUT2D eigenvalue weighted by molar-refractivity contribution is 6.00. The van der Waals surface area contributed by atoms with E-state index < -0.39 is 4.92 Å². The molecule has 2 aliphatic rings. The van der Waals surface area contributed by atoms with Gasteiger partial charge in [0.2, 0.25) is 0 Å². The summed E-state index contributed by atoms with van der Waals surface area (Å²) >= 11 is 0. The minimum Gasteiger partial charge on any atom is -0.377 e. The molecule has 0 radical (unpaired) electrons. The largest absolute Gasteiger partial charge is 0.377 e. The third-order valence-corrected chi connectivity index (χ3v) is 4.64. The number of carbonyl (C=O) groups excluding carboxylic acids is 1. The third kappa shape index (κ3) is 4.26. The number of anilines is 1. The summed E-state index contributed by atoms with van der Waals surface area (Å²) in [5.41, 5.74) is 0.853. The van der Waals surface area contributed by atoms with Crippen LogP contribution >= 0.6 is 0 Å². The van der Waals surface area contributed by atoms with Crippen LogP contribution in [0.4, 0.5) is 11.4 Å². The maximum atomic E-state index is 12.6. The fraction of sp³-hybridized carbons (Fsp3) is 0.588. The SMILES string of the molecule is CN(C)c1ccc([N+](=O)[O-])cc1C(=O)NC[C@@H]1CN(C2CC2)CCO1. The Bertz CT molecular complexity index is 660. The molecule has 1 saturated heterocycles. The van der Waals surface area contributed by atoms with Crippen molar-refractivity contribution in [2.24, 2.45) is 0 Å². The number of carbonyl (C=O) groups is 1. The van der Waals surface area contributed by atoms with Crippen molar-refractivity contribution in [3.8, 4) is 0 Å². The van der Waals surface area contributed by atoms with Crippen LogP contribution in [0, 0.1) is 10.1 Å². The Morgan fingerprint density at radius 1 is 1.44 bits per heavy atom. The lowest BCUT2D eigenvalue weighted by Crippen LogP contribution is -2.48. The molecule has 1 aliphatic heterocycles. The molecule has 1 aliphatic carbocycles. The molecule has 1 heterocycles. The van der Waals surface area contributed by atoms with E-state index in [0.717, 1.165) is 13.1 Å². The zero-order chi connectivity index (χ0) is 18.0. The van der Waals surface area contributed by atoms with Gasteiger partial charge in [-0.05, 0) is 18.9 Å². The molecule has 1 amide bonds. The van der Waals surface area contributed by atoms with Gasteiger partial charge in [0.15, 0.2) is 0 Å². The van der Waals surface area contributed by atoms with Gasteiger partial charge < -0.3 is 15.0 Å². The number of nitrogens with zero attached hydrogens (tertiary/aromatic N) is 3.